The van der Waals surface area contributed by atoms with Gasteiger partial charge >= 0.3 is 6.03 Å². The number of nitrogens with two attached hydrogens (primary N) is 1. The summed E-state index contributed by atoms with van der Waals surface area (Å²) in [5, 5.41) is 9.78. The van der Waals surface area contributed by atoms with Crippen molar-refractivity contribution < 1.29 is 4.79 Å². The third-order valence-electron chi connectivity index (χ3n) is 2.95. The fourth-order valence-corrected chi connectivity index (χ4v) is 2.53. The number of carbonyl (C=O) groups excluding carboxylic acids is 1. The van der Waals surface area contributed by atoms with Crippen LogP contribution in [0.15, 0.2) is 41.1 Å². The summed E-state index contributed by atoms with van der Waals surface area (Å²) in [5.41, 5.74) is 8.82. The van der Waals surface area contributed by atoms with E-state index in [0.29, 0.717) is 6.54 Å². The summed E-state index contributed by atoms with van der Waals surface area (Å²) in [4.78, 5) is 11.8. The molecular formula is C15H19N3OS. The average Bonchev–Trinajstić information content (AvgIpc) is 2.92. The highest BCUT2D eigenvalue weighted by atomic mass is 32.1. The fraction of sp³-hybridized carbons (Fsp3) is 0.267. The number of nitrogens with one attached hydrogen (secondary N) is 2. The maximum Gasteiger partial charge on any atom is 0.319 e. The molecule has 0 radical (unpaired) electrons. The van der Waals surface area contributed by atoms with E-state index in [4.69, 9.17) is 5.73 Å². The highest BCUT2D eigenvalue weighted by molar-refractivity contribution is 7.07. The van der Waals surface area contributed by atoms with Crippen LogP contribution in [-0.2, 0) is 6.42 Å². The number of thiophene rings is 1. The quantitative estimate of drug-likeness (QED) is 0.791. The number of amides is 2. The second kappa shape index (κ2) is 7.07. The highest BCUT2D eigenvalue weighted by Crippen LogP contribution is 2.15. The van der Waals surface area contributed by atoms with Crippen LogP contribution in [0.5, 0.6) is 0 Å². The summed E-state index contributed by atoms with van der Waals surface area (Å²) in [6.07, 6.45) is 0.844. The topological polar surface area (TPSA) is 67.1 Å². The molecule has 2 aromatic rings. The molecule has 0 spiro atoms. The molecule has 4 N–H and O–H groups in total. The molecule has 1 unspecified atom stereocenters. The summed E-state index contributed by atoms with van der Waals surface area (Å²) in [6.45, 7) is 2.54. The van der Waals surface area contributed by atoms with Crippen molar-refractivity contribution in [3.63, 3.8) is 0 Å². The Labute approximate surface area is 123 Å². The first-order chi connectivity index (χ1) is 9.65. The Bertz CT molecular complexity index is 552. The van der Waals surface area contributed by atoms with Crippen molar-refractivity contribution in [3.05, 3.63) is 52.2 Å². The normalized spacial score (nSPS) is 11.9. The molecular weight excluding hydrogens is 270 g/mol. The minimum Gasteiger partial charge on any atom is -0.338 e. The first kappa shape index (κ1) is 14.6. The van der Waals surface area contributed by atoms with Gasteiger partial charge in [0.2, 0.25) is 0 Å². The monoisotopic (exact) mass is 289 g/mol. The molecule has 1 aromatic heterocycles. The Hall–Kier alpha value is -1.85. The zero-order chi connectivity index (χ0) is 14.4. The van der Waals surface area contributed by atoms with Gasteiger partial charge in [-0.3, -0.25) is 0 Å². The van der Waals surface area contributed by atoms with Crippen molar-refractivity contribution in [2.45, 2.75) is 19.4 Å². The molecule has 1 aromatic carbocycles. The van der Waals surface area contributed by atoms with Gasteiger partial charge < -0.3 is 16.4 Å². The van der Waals surface area contributed by atoms with Gasteiger partial charge in [-0.05, 0) is 53.4 Å². The van der Waals surface area contributed by atoms with Crippen molar-refractivity contribution in [2.24, 2.45) is 5.73 Å². The van der Waals surface area contributed by atoms with E-state index < -0.39 is 0 Å². The van der Waals surface area contributed by atoms with Gasteiger partial charge in [0, 0.05) is 18.3 Å². The Balaban J connectivity index is 1.80. The van der Waals surface area contributed by atoms with Crippen LogP contribution in [0.4, 0.5) is 10.5 Å². The minimum atomic E-state index is -0.193. The van der Waals surface area contributed by atoms with E-state index in [1.54, 1.807) is 11.3 Å². The summed E-state index contributed by atoms with van der Waals surface area (Å²) in [7, 11) is 0. The maximum absolute atomic E-state index is 11.8. The van der Waals surface area contributed by atoms with Gasteiger partial charge in [-0.1, -0.05) is 12.1 Å². The number of carbonyl (C=O) groups is 1. The number of benzene rings is 1. The van der Waals surface area contributed by atoms with Gasteiger partial charge in [-0.2, -0.15) is 11.3 Å². The van der Waals surface area contributed by atoms with Crippen molar-refractivity contribution in [3.8, 4) is 0 Å². The lowest BCUT2D eigenvalue weighted by molar-refractivity contribution is 0.252. The summed E-state index contributed by atoms with van der Waals surface area (Å²) >= 11 is 1.67. The second-order valence-corrected chi connectivity index (χ2v) is 5.46. The van der Waals surface area contributed by atoms with E-state index in [-0.39, 0.29) is 12.1 Å². The van der Waals surface area contributed by atoms with Crippen molar-refractivity contribution in [1.29, 1.82) is 0 Å². The summed E-state index contributed by atoms with van der Waals surface area (Å²) in [5.74, 6) is 0. The maximum atomic E-state index is 11.8. The summed E-state index contributed by atoms with van der Waals surface area (Å²) in [6, 6.07) is 9.41. The highest BCUT2D eigenvalue weighted by Gasteiger charge is 2.04. The van der Waals surface area contributed by atoms with Crippen LogP contribution in [0.25, 0.3) is 0 Å². The molecule has 1 atom stereocenters. The molecule has 1 heterocycles. The van der Waals surface area contributed by atoms with E-state index in [1.807, 2.05) is 36.6 Å². The fourth-order valence-electron chi connectivity index (χ4n) is 1.83. The minimum absolute atomic E-state index is 0.0431. The van der Waals surface area contributed by atoms with E-state index in [1.165, 1.54) is 5.56 Å². The molecule has 2 rings (SSSR count). The van der Waals surface area contributed by atoms with Crippen LogP contribution in [-0.4, -0.2) is 12.6 Å². The third kappa shape index (κ3) is 4.36. The number of hydrogen-bond donors (Lipinski definition) is 3. The van der Waals surface area contributed by atoms with Gasteiger partial charge in [-0.25, -0.2) is 4.79 Å². The lowest BCUT2D eigenvalue weighted by Crippen LogP contribution is -2.30. The number of anilines is 1. The molecule has 0 aliphatic rings. The SMILES string of the molecule is CC(N)c1cccc(NC(=O)NCCc2ccsc2)c1. The van der Waals surface area contributed by atoms with Crippen LogP contribution in [0.2, 0.25) is 0 Å². The van der Waals surface area contributed by atoms with Gasteiger partial charge in [0.1, 0.15) is 0 Å². The van der Waals surface area contributed by atoms with Crippen LogP contribution >= 0.6 is 11.3 Å². The molecule has 0 saturated heterocycles. The molecule has 0 bridgehead atoms. The Kier molecular flexibility index (Phi) is 5.15. The Morgan fingerprint density at radius 2 is 2.25 bits per heavy atom. The molecule has 0 aliphatic carbocycles. The number of urea groups is 1. The van der Waals surface area contributed by atoms with Gasteiger partial charge in [0.15, 0.2) is 0 Å². The first-order valence-electron chi connectivity index (χ1n) is 6.56. The molecule has 0 fully saturated rings. The largest absolute Gasteiger partial charge is 0.338 e. The molecule has 106 valence electrons. The second-order valence-electron chi connectivity index (χ2n) is 4.68. The molecule has 4 nitrogen and oxygen atoms in total. The first-order valence-corrected chi connectivity index (χ1v) is 7.51. The van der Waals surface area contributed by atoms with Gasteiger partial charge in [-0.15, -0.1) is 0 Å². The van der Waals surface area contributed by atoms with E-state index in [2.05, 4.69) is 22.1 Å². The van der Waals surface area contributed by atoms with Crippen LogP contribution in [0.1, 0.15) is 24.1 Å². The zero-order valence-corrected chi connectivity index (χ0v) is 12.2. The molecule has 5 heteroatoms. The van der Waals surface area contributed by atoms with E-state index >= 15 is 0 Å². The van der Waals surface area contributed by atoms with Crippen LogP contribution in [0, 0.1) is 0 Å². The smallest absolute Gasteiger partial charge is 0.319 e. The van der Waals surface area contributed by atoms with Gasteiger partial charge in [0.05, 0.1) is 0 Å². The van der Waals surface area contributed by atoms with Crippen LogP contribution in [0.3, 0.4) is 0 Å². The molecule has 2 amide bonds. The van der Waals surface area contributed by atoms with Crippen molar-refractivity contribution >= 4 is 23.1 Å². The predicted molar refractivity (Wildman–Crippen MR) is 84.1 cm³/mol. The lowest BCUT2D eigenvalue weighted by atomic mass is 10.1. The number of rotatable bonds is 5. The molecule has 0 aliphatic heterocycles. The van der Waals surface area contributed by atoms with Crippen molar-refractivity contribution in [1.82, 2.24) is 5.32 Å². The predicted octanol–water partition coefficient (Wildman–Crippen LogP) is 3.13. The standard InChI is InChI=1S/C15H19N3OS/c1-11(16)13-3-2-4-14(9-13)18-15(19)17-7-5-12-6-8-20-10-12/h2-4,6,8-11H,5,7,16H2,1H3,(H2,17,18,19). The Morgan fingerprint density at radius 1 is 1.40 bits per heavy atom. The van der Waals surface area contributed by atoms with Gasteiger partial charge in [0.25, 0.3) is 0 Å². The lowest BCUT2D eigenvalue weighted by Gasteiger charge is -2.10. The Morgan fingerprint density at radius 3 is 2.95 bits per heavy atom. The number of hydrogen-bond acceptors (Lipinski definition) is 3. The zero-order valence-electron chi connectivity index (χ0n) is 11.4. The van der Waals surface area contributed by atoms with E-state index in [0.717, 1.165) is 17.7 Å². The molecule has 20 heavy (non-hydrogen) atoms. The average molecular weight is 289 g/mol. The summed E-state index contributed by atoms with van der Waals surface area (Å²) < 4.78 is 0. The molecule has 0 saturated carbocycles. The van der Waals surface area contributed by atoms with Crippen LogP contribution < -0.4 is 16.4 Å². The third-order valence-corrected chi connectivity index (χ3v) is 3.68. The van der Waals surface area contributed by atoms with E-state index in [9.17, 15) is 4.79 Å². The van der Waals surface area contributed by atoms with Crippen molar-refractivity contribution in [2.75, 3.05) is 11.9 Å².